The summed E-state index contributed by atoms with van der Waals surface area (Å²) in [6.07, 6.45) is 9.47. The molecule has 0 spiro atoms. The molecule has 3 aromatic heterocycles. The molecule has 6 heterocycles. The van der Waals surface area contributed by atoms with Crippen LogP contribution in [0.25, 0.3) is 32.2 Å². The lowest BCUT2D eigenvalue weighted by Gasteiger charge is -2.45. The summed E-state index contributed by atoms with van der Waals surface area (Å²) < 4.78 is 9.58. The van der Waals surface area contributed by atoms with Gasteiger partial charge >= 0.3 is 5.97 Å². The molecule has 7 aromatic rings. The monoisotopic (exact) mass is 1030 g/mol. The van der Waals surface area contributed by atoms with Crippen LogP contribution in [0.1, 0.15) is 121 Å². The number of benzene rings is 4. The summed E-state index contributed by atoms with van der Waals surface area (Å²) in [6, 6.07) is 30.5. The Bertz CT molecular complexity index is 3280. The van der Waals surface area contributed by atoms with Crippen molar-refractivity contribution in [2.45, 2.75) is 116 Å². The second kappa shape index (κ2) is 21.2. The average molecular weight is 1030 g/mol. The summed E-state index contributed by atoms with van der Waals surface area (Å²) in [5, 5.41) is 22.3. The quantitative estimate of drug-likeness (QED) is 0.0696. The van der Waals surface area contributed by atoms with E-state index < -0.39 is 11.9 Å². The zero-order valence-corrected chi connectivity index (χ0v) is 44.0. The van der Waals surface area contributed by atoms with E-state index in [2.05, 4.69) is 68.4 Å². The second-order valence-corrected chi connectivity index (χ2v) is 22.2. The Morgan fingerprint density at radius 1 is 0.853 bits per heavy atom. The van der Waals surface area contributed by atoms with Crippen molar-refractivity contribution in [3.63, 3.8) is 0 Å². The first kappa shape index (κ1) is 50.0. The minimum atomic E-state index is -1.10. The smallest absolute Gasteiger partial charge is 0.355 e. The fourth-order valence-electron chi connectivity index (χ4n) is 12.3. The zero-order valence-electron chi connectivity index (χ0n) is 43.2. The van der Waals surface area contributed by atoms with Crippen LogP contribution in [0.3, 0.4) is 0 Å². The first-order valence-electron chi connectivity index (χ1n) is 26.7. The Labute approximate surface area is 441 Å². The topological polar surface area (TPSA) is 175 Å². The molecule has 1 saturated carbocycles. The normalized spacial score (nSPS) is 21.3. The van der Waals surface area contributed by atoms with Crippen molar-refractivity contribution < 1.29 is 29.0 Å². The van der Waals surface area contributed by atoms with Gasteiger partial charge in [-0.05, 0) is 155 Å². The first-order chi connectivity index (χ1) is 36.3. The minimum absolute atomic E-state index is 0.0179. The summed E-state index contributed by atoms with van der Waals surface area (Å²) in [4.78, 5) is 67.6. The maximum atomic E-state index is 13.7. The number of thiazole rings is 1. The summed E-state index contributed by atoms with van der Waals surface area (Å²) in [5.41, 5.74) is 8.51. The number of aromatic carboxylic acids is 1. The van der Waals surface area contributed by atoms with Gasteiger partial charge in [-0.1, -0.05) is 60.6 Å². The third kappa shape index (κ3) is 10.3. The van der Waals surface area contributed by atoms with Gasteiger partial charge in [0.25, 0.3) is 5.91 Å². The van der Waals surface area contributed by atoms with Crippen LogP contribution < -0.4 is 25.2 Å². The van der Waals surface area contributed by atoms with Gasteiger partial charge in [-0.3, -0.25) is 34.6 Å². The van der Waals surface area contributed by atoms with Crippen LogP contribution in [0.15, 0.2) is 91.0 Å². The Hall–Kier alpha value is -7.17. The predicted octanol–water partition coefficient (Wildman–Crippen LogP) is 10.3. The number of carboxylic acid groups (broad SMARTS) is 1. The van der Waals surface area contributed by atoms with Crippen LogP contribution in [0.2, 0.25) is 0 Å². The fourth-order valence-corrected chi connectivity index (χ4v) is 13.1. The molecule has 15 nitrogen and oxygen atoms in total. The largest absolute Gasteiger partial charge is 0.490 e. The molecule has 4 aliphatic rings. The SMILES string of the molecule is Cc1c(OC2CCC(CCCCN3[C@@H](C)CN(c4ccc5c(C6CCC(=O)NC6=O)nn(C)c5c4)C[C@@H]3C)CC2)cccc1-c1ccc(N2CCc3cccc(C(=O)Nc4nc5ccccc5s4)c3C2)nc1C(=O)O. The van der Waals surface area contributed by atoms with Crippen molar-refractivity contribution in [2.24, 2.45) is 13.0 Å². The van der Waals surface area contributed by atoms with Crippen molar-refractivity contribution in [3.8, 4) is 16.9 Å². The highest BCUT2D eigenvalue weighted by atomic mass is 32.1. The number of carbonyl (C=O) groups is 4. The van der Waals surface area contributed by atoms with Gasteiger partial charge in [0, 0.05) is 73.9 Å². The van der Waals surface area contributed by atoms with Crippen molar-refractivity contribution in [2.75, 3.05) is 41.3 Å². The number of imide groups is 1. The molecule has 0 bridgehead atoms. The Balaban J connectivity index is 0.661. The number of rotatable bonds is 14. The lowest BCUT2D eigenvalue weighted by atomic mass is 9.84. The standard InChI is InChI=1S/C59H65N9O6S/c1-35-32-67(40-20-23-45-49(31-40)65(4)64-54(45)46-25-27-53(69)62-57(46)71)33-36(2)68(35)29-8-7-11-38-18-21-41(22-19-38)74-50-16-10-13-42(37(50)3)43-24-26-52(61-55(43)58(72)73)66-30-28-39-12-9-14-44(47(39)34-66)56(70)63-59-60-48-15-5-6-17-51(48)75-59/h5-6,9-10,12-17,20,23-24,26,31,35-36,38,41,46H,7-8,11,18-19,21-22,25,27-30,32-34H2,1-4H3,(H,72,73)(H,60,63,70)(H,62,69,71)/t35-,36-,38?,41?,46?/m0/s1. The number of fused-ring (bicyclic) bond motifs is 3. The van der Waals surface area contributed by atoms with E-state index in [1.54, 1.807) is 0 Å². The molecule has 11 rings (SSSR count). The number of piperidine rings is 1. The van der Waals surface area contributed by atoms with Crippen LogP contribution in [-0.2, 0) is 29.6 Å². The van der Waals surface area contributed by atoms with Gasteiger partial charge < -0.3 is 19.6 Å². The number of carbonyl (C=O) groups excluding carboxylic acids is 3. The number of aromatic nitrogens is 4. The van der Waals surface area contributed by atoms with Gasteiger partial charge in [0.2, 0.25) is 11.8 Å². The Morgan fingerprint density at radius 3 is 2.44 bits per heavy atom. The first-order valence-corrected chi connectivity index (χ1v) is 27.5. The molecule has 3 amide bonds. The molecular formula is C59H65N9O6S. The number of carboxylic acids is 1. The van der Waals surface area contributed by atoms with E-state index in [4.69, 9.17) is 14.8 Å². The number of hydrogen-bond donors (Lipinski definition) is 3. The second-order valence-electron chi connectivity index (χ2n) is 21.2. The van der Waals surface area contributed by atoms with Gasteiger partial charge in [-0.25, -0.2) is 14.8 Å². The molecule has 75 heavy (non-hydrogen) atoms. The van der Waals surface area contributed by atoms with Crippen LogP contribution >= 0.6 is 11.3 Å². The summed E-state index contributed by atoms with van der Waals surface area (Å²) in [5.74, 6) is -0.203. The molecule has 2 saturated heterocycles. The zero-order chi connectivity index (χ0) is 51.9. The van der Waals surface area contributed by atoms with Crippen molar-refractivity contribution >= 4 is 72.8 Å². The van der Waals surface area contributed by atoms with Crippen molar-refractivity contribution in [1.29, 1.82) is 0 Å². The maximum Gasteiger partial charge on any atom is 0.355 e. The number of anilines is 3. The molecule has 3 aliphatic heterocycles. The number of pyridine rings is 1. The van der Waals surface area contributed by atoms with Crippen LogP contribution in [0, 0.1) is 12.8 Å². The summed E-state index contributed by atoms with van der Waals surface area (Å²) in [7, 11) is 1.93. The number of piperazine rings is 1. The van der Waals surface area contributed by atoms with Crippen molar-refractivity contribution in [1.82, 2.24) is 30.0 Å². The minimum Gasteiger partial charge on any atom is -0.490 e. The van der Waals surface area contributed by atoms with Crippen LogP contribution in [-0.4, -0.2) is 97.8 Å². The van der Waals surface area contributed by atoms with Gasteiger partial charge in [0.1, 0.15) is 11.6 Å². The molecule has 1 unspecified atom stereocenters. The molecule has 3 atom stereocenters. The highest BCUT2D eigenvalue weighted by Gasteiger charge is 2.34. The molecule has 3 fully saturated rings. The molecule has 1 aliphatic carbocycles. The highest BCUT2D eigenvalue weighted by molar-refractivity contribution is 7.22. The average Bonchev–Trinajstić information content (AvgIpc) is 3.98. The van der Waals surface area contributed by atoms with Gasteiger partial charge in [0.05, 0.1) is 33.4 Å². The number of aryl methyl sites for hydroxylation is 1. The van der Waals surface area contributed by atoms with E-state index in [0.29, 0.717) is 72.4 Å². The number of para-hydroxylation sites is 1. The number of amides is 3. The lowest BCUT2D eigenvalue weighted by Crippen LogP contribution is -2.57. The van der Waals surface area contributed by atoms with E-state index in [1.807, 2.05) is 85.4 Å². The molecule has 3 N–H and O–H groups in total. The number of ether oxygens (including phenoxy) is 1. The van der Waals surface area contributed by atoms with E-state index in [9.17, 15) is 24.3 Å². The van der Waals surface area contributed by atoms with E-state index in [1.165, 1.54) is 36.3 Å². The highest BCUT2D eigenvalue weighted by Crippen LogP contribution is 2.38. The van der Waals surface area contributed by atoms with Gasteiger partial charge in [-0.2, -0.15) is 5.10 Å². The number of nitrogens with one attached hydrogen (secondary N) is 2. The predicted molar refractivity (Wildman–Crippen MR) is 294 cm³/mol. The fraction of sp³-hybridized carbons (Fsp3) is 0.407. The van der Waals surface area contributed by atoms with Crippen LogP contribution in [0.5, 0.6) is 5.75 Å². The van der Waals surface area contributed by atoms with E-state index >= 15 is 0 Å². The molecule has 16 heteroatoms. The maximum absolute atomic E-state index is 13.7. The molecule has 388 valence electrons. The van der Waals surface area contributed by atoms with E-state index in [0.717, 1.165) is 100 Å². The lowest BCUT2D eigenvalue weighted by molar-refractivity contribution is -0.134. The van der Waals surface area contributed by atoms with E-state index in [-0.39, 0.29) is 29.5 Å². The Morgan fingerprint density at radius 2 is 1.65 bits per heavy atom. The molecular weight excluding hydrogens is 963 g/mol. The van der Waals surface area contributed by atoms with Crippen molar-refractivity contribution in [3.05, 3.63) is 125 Å². The third-order valence-corrected chi connectivity index (χ3v) is 17.2. The third-order valence-electron chi connectivity index (χ3n) is 16.3. The van der Waals surface area contributed by atoms with Gasteiger partial charge in [0.15, 0.2) is 10.8 Å². The number of nitrogens with zero attached hydrogens (tertiary/aromatic N) is 7. The van der Waals surface area contributed by atoms with Crippen LogP contribution in [0.4, 0.5) is 16.6 Å². The number of hydrogen-bond acceptors (Lipinski definition) is 12. The Kier molecular flexibility index (Phi) is 14.1. The molecule has 0 radical (unpaired) electrons. The van der Waals surface area contributed by atoms with Gasteiger partial charge in [-0.15, -0.1) is 0 Å². The summed E-state index contributed by atoms with van der Waals surface area (Å²) in [6.45, 7) is 10.7. The molecule has 4 aromatic carbocycles. The summed E-state index contributed by atoms with van der Waals surface area (Å²) >= 11 is 1.44. The number of unbranched alkanes of at least 4 members (excludes halogenated alkanes) is 1.